The Hall–Kier alpha value is -0.994. The van der Waals surface area contributed by atoms with Crippen LogP contribution in [0.25, 0.3) is 0 Å². The van der Waals surface area contributed by atoms with Gasteiger partial charge in [0.25, 0.3) is 0 Å². The fourth-order valence-corrected chi connectivity index (χ4v) is 0.714. The average Bonchev–Trinajstić information content (AvgIpc) is 1.82. The first kappa shape index (κ1) is 15.5. The predicted octanol–water partition coefficient (Wildman–Crippen LogP) is -1.63. The molecule has 0 aromatic heterocycles. The monoisotopic (exact) mass is 261 g/mol. The molecule has 7 nitrogen and oxygen atoms in total. The summed E-state index contributed by atoms with van der Waals surface area (Å²) in [6.07, 6.45) is -2.29. The van der Waals surface area contributed by atoms with Crippen LogP contribution in [-0.2, 0) is 14.4 Å². The van der Waals surface area contributed by atoms with Crippen LogP contribution >= 0.6 is 0 Å². The van der Waals surface area contributed by atoms with E-state index in [4.69, 9.17) is 20.4 Å². The van der Waals surface area contributed by atoms with E-state index < -0.39 is 36.4 Å². The summed E-state index contributed by atoms with van der Waals surface area (Å²) >= 11 is 0. The van der Waals surface area contributed by atoms with Crippen LogP contribution in [0, 0.1) is 0 Å². The smallest absolute Gasteiger partial charge is 0.481 e. The molecule has 0 radical (unpaired) electrons. The zero-order valence-corrected chi connectivity index (χ0v) is 9.43. The SMILES string of the molecule is O=C(O)CC(O)(CC(=O)O)C(=O)O.[Ga+3]. The van der Waals surface area contributed by atoms with Gasteiger partial charge in [0.15, 0.2) is 5.60 Å². The van der Waals surface area contributed by atoms with Crippen molar-refractivity contribution in [1.82, 2.24) is 0 Å². The molecule has 0 spiro atoms. The first-order valence-electron chi connectivity index (χ1n) is 3.17. The number of hydrogen-bond acceptors (Lipinski definition) is 4. The van der Waals surface area contributed by atoms with Crippen molar-refractivity contribution in [3.05, 3.63) is 0 Å². The number of carboxylic acid groups (broad SMARTS) is 3. The minimum atomic E-state index is -2.74. The molecule has 0 aliphatic heterocycles. The van der Waals surface area contributed by atoms with Gasteiger partial charge in [-0.3, -0.25) is 9.59 Å². The molecule has 0 amide bonds. The summed E-state index contributed by atoms with van der Waals surface area (Å²) in [4.78, 5) is 30.5. The van der Waals surface area contributed by atoms with Crippen LogP contribution in [0.2, 0.25) is 0 Å². The molecule has 14 heavy (non-hydrogen) atoms. The summed E-state index contributed by atoms with van der Waals surface area (Å²) in [6, 6.07) is 0. The molecule has 0 aromatic rings. The molecule has 4 N–H and O–H groups in total. The van der Waals surface area contributed by atoms with E-state index in [-0.39, 0.29) is 19.8 Å². The van der Waals surface area contributed by atoms with Crippen LogP contribution in [0.4, 0.5) is 0 Å². The summed E-state index contributed by atoms with van der Waals surface area (Å²) < 4.78 is 0. The molecule has 0 saturated heterocycles. The Kier molecular flexibility index (Phi) is 6.28. The molecule has 0 heterocycles. The third-order valence-corrected chi connectivity index (χ3v) is 1.29. The van der Waals surface area contributed by atoms with Crippen LogP contribution in [-0.4, -0.2) is 63.7 Å². The topological polar surface area (TPSA) is 132 Å². The zero-order valence-electron chi connectivity index (χ0n) is 7.01. The zero-order chi connectivity index (χ0) is 10.6. The van der Waals surface area contributed by atoms with Crippen LogP contribution in [0.5, 0.6) is 0 Å². The number of aliphatic carboxylic acids is 3. The van der Waals surface area contributed by atoms with Gasteiger partial charge in [0.05, 0.1) is 12.8 Å². The van der Waals surface area contributed by atoms with Crippen LogP contribution in [0.3, 0.4) is 0 Å². The Balaban J connectivity index is 0. The van der Waals surface area contributed by atoms with Crippen molar-refractivity contribution >= 4 is 37.7 Å². The number of carbonyl (C=O) groups is 3. The van der Waals surface area contributed by atoms with Gasteiger partial charge in [-0.15, -0.1) is 0 Å². The first-order chi connectivity index (χ1) is 5.78. The third-order valence-electron chi connectivity index (χ3n) is 1.29. The minimum Gasteiger partial charge on any atom is -0.481 e. The normalized spacial score (nSPS) is 10.1. The fourth-order valence-electron chi connectivity index (χ4n) is 0.714. The summed E-state index contributed by atoms with van der Waals surface area (Å²) in [7, 11) is 0. The summed E-state index contributed by atoms with van der Waals surface area (Å²) in [5, 5.41) is 33.8. The molecule has 0 unspecified atom stereocenters. The van der Waals surface area contributed by atoms with Crippen LogP contribution in [0.15, 0.2) is 0 Å². The van der Waals surface area contributed by atoms with Crippen molar-refractivity contribution in [1.29, 1.82) is 0 Å². The molecule has 0 aliphatic carbocycles. The maximum absolute atomic E-state index is 10.3. The fraction of sp³-hybridized carbons (Fsp3) is 0.500. The Morgan fingerprint density at radius 3 is 1.36 bits per heavy atom. The van der Waals surface area contributed by atoms with Crippen molar-refractivity contribution in [3.63, 3.8) is 0 Å². The van der Waals surface area contributed by atoms with Gasteiger partial charge in [-0.1, -0.05) is 0 Å². The summed E-state index contributed by atoms with van der Waals surface area (Å²) in [5.41, 5.74) is -2.74. The van der Waals surface area contributed by atoms with E-state index in [0.717, 1.165) is 0 Å². The second-order valence-electron chi connectivity index (χ2n) is 2.48. The van der Waals surface area contributed by atoms with E-state index in [1.165, 1.54) is 0 Å². The van der Waals surface area contributed by atoms with Crippen molar-refractivity contribution in [2.45, 2.75) is 18.4 Å². The number of aliphatic hydroxyl groups is 1. The molecule has 0 aromatic carbocycles. The van der Waals surface area contributed by atoms with Crippen LogP contribution in [0.1, 0.15) is 12.8 Å². The average molecular weight is 262 g/mol. The molecule has 0 atom stereocenters. The van der Waals surface area contributed by atoms with E-state index in [0.29, 0.717) is 0 Å². The molecular weight excluding hydrogens is 254 g/mol. The first-order valence-corrected chi connectivity index (χ1v) is 3.17. The van der Waals surface area contributed by atoms with E-state index in [1.54, 1.807) is 0 Å². The molecule has 0 aliphatic rings. The Bertz CT molecular complexity index is 233. The maximum Gasteiger partial charge on any atom is 3.00 e. The molecular formula is C6H8GaO7+3. The van der Waals surface area contributed by atoms with Gasteiger partial charge in [-0.25, -0.2) is 4.79 Å². The Morgan fingerprint density at radius 2 is 1.21 bits per heavy atom. The molecule has 8 heteroatoms. The van der Waals surface area contributed by atoms with Gasteiger partial charge in [0.2, 0.25) is 0 Å². The molecule has 0 fully saturated rings. The van der Waals surface area contributed by atoms with Gasteiger partial charge in [-0.05, 0) is 0 Å². The van der Waals surface area contributed by atoms with Crippen molar-refractivity contribution in [3.8, 4) is 0 Å². The van der Waals surface area contributed by atoms with E-state index in [9.17, 15) is 14.4 Å². The summed E-state index contributed by atoms with van der Waals surface area (Å²) in [6.45, 7) is 0. The maximum atomic E-state index is 10.3. The number of rotatable bonds is 5. The number of hydrogen-bond donors (Lipinski definition) is 4. The Labute approximate surface area is 91.4 Å². The van der Waals surface area contributed by atoms with Gasteiger partial charge in [0, 0.05) is 0 Å². The third kappa shape index (κ3) is 4.89. The van der Waals surface area contributed by atoms with Gasteiger partial charge >= 0.3 is 37.7 Å². The van der Waals surface area contributed by atoms with E-state index in [2.05, 4.69) is 0 Å². The summed E-state index contributed by atoms with van der Waals surface area (Å²) in [5.74, 6) is -5.02. The minimum absolute atomic E-state index is 0. The standard InChI is InChI=1S/C6H8O7.Ga/c7-3(8)1-6(13,5(11)12)2-4(9)10;/h13H,1-2H2,(H,7,8)(H,9,10)(H,11,12);/q;+3. The van der Waals surface area contributed by atoms with Gasteiger partial charge in [-0.2, -0.15) is 0 Å². The predicted molar refractivity (Wildman–Crippen MR) is 42.8 cm³/mol. The number of carboxylic acids is 3. The van der Waals surface area contributed by atoms with Crippen molar-refractivity contribution < 1.29 is 34.8 Å². The molecule has 0 rings (SSSR count). The van der Waals surface area contributed by atoms with Crippen molar-refractivity contribution in [2.75, 3.05) is 0 Å². The Morgan fingerprint density at radius 1 is 0.929 bits per heavy atom. The van der Waals surface area contributed by atoms with Crippen molar-refractivity contribution in [2.24, 2.45) is 0 Å². The molecule has 0 bridgehead atoms. The largest absolute Gasteiger partial charge is 3.00 e. The van der Waals surface area contributed by atoms with E-state index in [1.807, 2.05) is 0 Å². The second kappa shape index (κ2) is 5.68. The quantitative estimate of drug-likeness (QED) is 0.437. The second-order valence-corrected chi connectivity index (χ2v) is 2.48. The van der Waals surface area contributed by atoms with Crippen LogP contribution < -0.4 is 0 Å². The van der Waals surface area contributed by atoms with Gasteiger partial charge in [0.1, 0.15) is 0 Å². The molecule has 74 valence electrons. The van der Waals surface area contributed by atoms with E-state index >= 15 is 0 Å². The molecule has 0 saturated carbocycles. The van der Waals surface area contributed by atoms with Gasteiger partial charge < -0.3 is 20.4 Å².